The van der Waals surface area contributed by atoms with Gasteiger partial charge in [0, 0.05) is 23.2 Å². The zero-order valence-corrected chi connectivity index (χ0v) is 13.8. The van der Waals surface area contributed by atoms with E-state index in [1.165, 1.54) is 42.5 Å². The first-order chi connectivity index (χ1) is 9.74. The molecule has 3 rings (SSSR count). The zero-order chi connectivity index (χ0) is 13.9. The molecule has 2 heterocycles. The number of rotatable bonds is 3. The lowest BCUT2D eigenvalue weighted by atomic mass is 10.0. The summed E-state index contributed by atoms with van der Waals surface area (Å²) in [5.74, 6) is 0.345. The summed E-state index contributed by atoms with van der Waals surface area (Å²) in [5.41, 5.74) is 1.37. The Bertz CT molecular complexity index is 465. The molecular formula is C16H23NOS2. The molecule has 1 saturated carbocycles. The Morgan fingerprint density at radius 1 is 1.40 bits per heavy atom. The zero-order valence-electron chi connectivity index (χ0n) is 12.1. The summed E-state index contributed by atoms with van der Waals surface area (Å²) < 4.78 is 0. The number of amides is 1. The average molecular weight is 310 g/mol. The molecule has 0 N–H and O–H groups in total. The molecule has 1 aliphatic carbocycles. The Hall–Kier alpha value is -0.480. The maximum Gasteiger partial charge on any atom is 0.235 e. The third kappa shape index (κ3) is 3.22. The third-order valence-electron chi connectivity index (χ3n) is 4.42. The lowest BCUT2D eigenvalue weighted by molar-refractivity contribution is -0.131. The molecule has 1 aromatic heterocycles. The van der Waals surface area contributed by atoms with Crippen LogP contribution in [0.3, 0.4) is 0 Å². The van der Waals surface area contributed by atoms with Crippen molar-refractivity contribution >= 4 is 29.0 Å². The van der Waals surface area contributed by atoms with Crippen LogP contribution < -0.4 is 0 Å². The molecule has 1 aliphatic heterocycles. The van der Waals surface area contributed by atoms with E-state index in [2.05, 4.69) is 23.3 Å². The number of thiophene rings is 1. The van der Waals surface area contributed by atoms with Crippen molar-refractivity contribution in [1.29, 1.82) is 0 Å². The summed E-state index contributed by atoms with van der Waals surface area (Å²) in [5, 5.41) is 2.99. The number of carbonyl (C=O) groups is 1. The van der Waals surface area contributed by atoms with Crippen molar-refractivity contribution in [1.82, 2.24) is 4.90 Å². The van der Waals surface area contributed by atoms with Gasteiger partial charge in [0.15, 0.2) is 0 Å². The highest BCUT2D eigenvalue weighted by atomic mass is 32.2. The van der Waals surface area contributed by atoms with Crippen LogP contribution in [0.5, 0.6) is 0 Å². The monoisotopic (exact) mass is 309 g/mol. The van der Waals surface area contributed by atoms with E-state index in [0.29, 0.717) is 11.2 Å². The molecule has 110 valence electrons. The van der Waals surface area contributed by atoms with Crippen LogP contribution in [-0.2, 0) is 17.8 Å². The van der Waals surface area contributed by atoms with E-state index < -0.39 is 0 Å². The van der Waals surface area contributed by atoms with Crippen LogP contribution >= 0.6 is 23.1 Å². The number of hydrogen-bond donors (Lipinski definition) is 0. The molecule has 20 heavy (non-hydrogen) atoms. The van der Waals surface area contributed by atoms with Crippen LogP contribution in [0.15, 0.2) is 11.4 Å². The number of thioether (sulfide) groups is 1. The van der Waals surface area contributed by atoms with Crippen LogP contribution in [0, 0.1) is 0 Å². The lowest BCUT2D eigenvalue weighted by Gasteiger charge is -2.31. The molecule has 1 unspecified atom stereocenters. The Labute approximate surface area is 129 Å². The van der Waals surface area contributed by atoms with E-state index in [0.717, 1.165) is 19.5 Å². The Kier molecular flexibility index (Phi) is 4.72. The number of nitrogens with zero attached hydrogens (tertiary/aromatic N) is 1. The topological polar surface area (TPSA) is 20.3 Å². The molecule has 1 fully saturated rings. The minimum atomic E-state index is 0.123. The summed E-state index contributed by atoms with van der Waals surface area (Å²) >= 11 is 3.75. The maximum atomic E-state index is 12.6. The first-order valence-corrected chi connectivity index (χ1v) is 9.56. The van der Waals surface area contributed by atoms with Crippen molar-refractivity contribution in [3.8, 4) is 0 Å². The van der Waals surface area contributed by atoms with E-state index in [-0.39, 0.29) is 5.25 Å². The van der Waals surface area contributed by atoms with Crippen molar-refractivity contribution in [2.75, 3.05) is 6.54 Å². The van der Waals surface area contributed by atoms with Crippen LogP contribution in [0.25, 0.3) is 0 Å². The molecule has 0 aromatic carbocycles. The predicted molar refractivity (Wildman–Crippen MR) is 87.4 cm³/mol. The van der Waals surface area contributed by atoms with Crippen LogP contribution in [0.1, 0.15) is 49.5 Å². The minimum absolute atomic E-state index is 0.123. The molecule has 1 amide bonds. The van der Waals surface area contributed by atoms with Gasteiger partial charge in [-0.15, -0.1) is 23.1 Å². The molecular weight excluding hydrogens is 286 g/mol. The summed E-state index contributed by atoms with van der Waals surface area (Å²) in [4.78, 5) is 16.2. The van der Waals surface area contributed by atoms with Crippen molar-refractivity contribution in [3.05, 3.63) is 21.9 Å². The van der Waals surface area contributed by atoms with E-state index in [9.17, 15) is 4.79 Å². The molecule has 0 bridgehead atoms. The third-order valence-corrected chi connectivity index (χ3v) is 6.91. The maximum absolute atomic E-state index is 12.6. The summed E-state index contributed by atoms with van der Waals surface area (Å²) in [7, 11) is 0. The van der Waals surface area contributed by atoms with Gasteiger partial charge in [-0.1, -0.05) is 19.3 Å². The Balaban J connectivity index is 1.55. The fourth-order valence-corrected chi connectivity index (χ4v) is 5.58. The molecule has 2 nitrogen and oxygen atoms in total. The highest BCUT2D eigenvalue weighted by molar-refractivity contribution is 8.01. The van der Waals surface area contributed by atoms with E-state index >= 15 is 0 Å². The smallest absolute Gasteiger partial charge is 0.235 e. The fraction of sp³-hybridized carbons (Fsp3) is 0.688. The van der Waals surface area contributed by atoms with Crippen LogP contribution in [-0.4, -0.2) is 27.9 Å². The van der Waals surface area contributed by atoms with Crippen molar-refractivity contribution < 1.29 is 4.79 Å². The van der Waals surface area contributed by atoms with Gasteiger partial charge in [-0.05, 0) is 43.2 Å². The van der Waals surface area contributed by atoms with E-state index in [1.807, 2.05) is 23.1 Å². The second-order valence-corrected chi connectivity index (χ2v) is 8.56. The Morgan fingerprint density at radius 3 is 3.00 bits per heavy atom. The molecule has 2 aliphatic rings. The fourth-order valence-electron chi connectivity index (χ4n) is 3.24. The van der Waals surface area contributed by atoms with E-state index in [1.54, 1.807) is 0 Å². The first kappa shape index (κ1) is 14.5. The average Bonchev–Trinajstić information content (AvgIpc) is 2.94. The van der Waals surface area contributed by atoms with Crippen molar-refractivity contribution in [3.63, 3.8) is 0 Å². The number of carbonyl (C=O) groups excluding carboxylic acids is 1. The van der Waals surface area contributed by atoms with Gasteiger partial charge in [-0.2, -0.15) is 0 Å². The van der Waals surface area contributed by atoms with Gasteiger partial charge >= 0.3 is 0 Å². The molecule has 0 spiro atoms. The van der Waals surface area contributed by atoms with Gasteiger partial charge in [0.05, 0.1) is 5.25 Å². The molecule has 1 aromatic rings. The summed E-state index contributed by atoms with van der Waals surface area (Å²) in [6.45, 7) is 3.83. The van der Waals surface area contributed by atoms with Crippen LogP contribution in [0.2, 0.25) is 0 Å². The summed E-state index contributed by atoms with van der Waals surface area (Å²) in [6.07, 6.45) is 7.72. The van der Waals surface area contributed by atoms with Crippen molar-refractivity contribution in [2.45, 2.75) is 62.5 Å². The molecule has 0 saturated heterocycles. The number of hydrogen-bond acceptors (Lipinski definition) is 3. The minimum Gasteiger partial charge on any atom is -0.337 e. The quantitative estimate of drug-likeness (QED) is 0.838. The normalized spacial score (nSPS) is 21.6. The highest BCUT2D eigenvalue weighted by Gasteiger charge is 2.27. The first-order valence-electron chi connectivity index (χ1n) is 7.73. The van der Waals surface area contributed by atoms with Gasteiger partial charge in [-0.25, -0.2) is 0 Å². The lowest BCUT2D eigenvalue weighted by Crippen LogP contribution is -2.40. The van der Waals surface area contributed by atoms with Crippen LogP contribution in [0.4, 0.5) is 0 Å². The standard InChI is InChI=1S/C16H23NOS2/c1-12(20-14-5-3-2-4-6-14)16(18)17-9-7-15-13(11-17)8-10-19-15/h8,10,12,14H,2-7,9,11H2,1H3. The molecule has 0 radical (unpaired) electrons. The second-order valence-electron chi connectivity index (χ2n) is 5.92. The predicted octanol–water partition coefficient (Wildman–Crippen LogP) is 4.09. The van der Waals surface area contributed by atoms with E-state index in [4.69, 9.17) is 0 Å². The largest absolute Gasteiger partial charge is 0.337 e. The molecule has 1 atom stereocenters. The summed E-state index contributed by atoms with van der Waals surface area (Å²) in [6, 6.07) is 2.18. The molecule has 4 heteroatoms. The van der Waals surface area contributed by atoms with Gasteiger partial charge in [0.2, 0.25) is 5.91 Å². The SMILES string of the molecule is CC(SC1CCCCC1)C(=O)N1CCc2sccc2C1. The van der Waals surface area contributed by atoms with Gasteiger partial charge in [0.1, 0.15) is 0 Å². The number of fused-ring (bicyclic) bond motifs is 1. The van der Waals surface area contributed by atoms with Gasteiger partial charge in [0.25, 0.3) is 0 Å². The van der Waals surface area contributed by atoms with Gasteiger partial charge < -0.3 is 4.90 Å². The van der Waals surface area contributed by atoms with Crippen molar-refractivity contribution in [2.24, 2.45) is 0 Å². The Morgan fingerprint density at radius 2 is 2.20 bits per heavy atom. The second kappa shape index (κ2) is 6.52. The van der Waals surface area contributed by atoms with Gasteiger partial charge in [-0.3, -0.25) is 4.79 Å². The highest BCUT2D eigenvalue weighted by Crippen LogP contribution is 2.32.